The van der Waals surface area contributed by atoms with Crippen LogP contribution in [-0.2, 0) is 4.57 Å². The van der Waals surface area contributed by atoms with Crippen LogP contribution in [-0.4, -0.2) is 27.8 Å². The Hall–Kier alpha value is -5.15. The molecule has 0 aromatic heterocycles. The minimum absolute atomic E-state index is 0.121. The zero-order valence-corrected chi connectivity index (χ0v) is 21.2. The van der Waals surface area contributed by atoms with E-state index < -0.39 is 40.1 Å². The predicted octanol–water partition coefficient (Wildman–Crippen LogP) is 4.67. The number of nitro groups is 2. The van der Waals surface area contributed by atoms with Crippen LogP contribution in [0.3, 0.4) is 0 Å². The van der Waals surface area contributed by atoms with Gasteiger partial charge in [-0.3, -0.25) is 30.4 Å². The van der Waals surface area contributed by atoms with Crippen LogP contribution < -0.4 is 21.4 Å². The number of benzene rings is 4. The number of non-ortho nitro benzene ring substituents is 1. The highest BCUT2D eigenvalue weighted by Gasteiger charge is 2.37. The van der Waals surface area contributed by atoms with Gasteiger partial charge in [-0.2, -0.15) is 5.10 Å². The van der Waals surface area contributed by atoms with Gasteiger partial charge in [0.15, 0.2) is 7.14 Å². The molecule has 1 amide bonds. The van der Waals surface area contributed by atoms with Crippen molar-refractivity contribution < 1.29 is 19.2 Å². The molecule has 0 heterocycles. The predicted molar refractivity (Wildman–Crippen MR) is 149 cm³/mol. The Balaban J connectivity index is 1.77. The molecule has 0 bridgehead atoms. The number of anilines is 1. The normalized spacial score (nSPS) is 12.0. The van der Waals surface area contributed by atoms with Crippen LogP contribution in [0.1, 0.15) is 10.4 Å². The van der Waals surface area contributed by atoms with Gasteiger partial charge < -0.3 is 9.88 Å². The maximum absolute atomic E-state index is 14.9. The molecule has 4 aromatic rings. The summed E-state index contributed by atoms with van der Waals surface area (Å²) >= 11 is 0. The Morgan fingerprint density at radius 2 is 1.33 bits per heavy atom. The number of hydrogen-bond acceptors (Lipinski definition) is 8. The van der Waals surface area contributed by atoms with Gasteiger partial charge in [-0.25, -0.2) is 0 Å². The first-order chi connectivity index (χ1) is 18.8. The van der Waals surface area contributed by atoms with E-state index in [1.807, 2.05) is 0 Å². The summed E-state index contributed by atoms with van der Waals surface area (Å²) in [5.41, 5.74) is 1.70. The Morgan fingerprint density at radius 1 is 0.795 bits per heavy atom. The lowest BCUT2D eigenvalue weighted by molar-refractivity contribution is -0.393. The highest BCUT2D eigenvalue weighted by molar-refractivity contribution is 7.80. The average Bonchev–Trinajstić information content (AvgIpc) is 2.97. The molecule has 11 nitrogen and oxygen atoms in total. The second-order valence-electron chi connectivity index (χ2n) is 8.22. The lowest BCUT2D eigenvalue weighted by Crippen LogP contribution is -2.41. The molecule has 39 heavy (non-hydrogen) atoms. The van der Waals surface area contributed by atoms with E-state index in [4.69, 9.17) is 0 Å². The van der Waals surface area contributed by atoms with Crippen molar-refractivity contribution >= 4 is 46.9 Å². The third-order valence-electron chi connectivity index (χ3n) is 5.78. The number of carbonyl (C=O) groups is 1. The van der Waals surface area contributed by atoms with E-state index in [0.29, 0.717) is 16.2 Å². The van der Waals surface area contributed by atoms with Crippen LogP contribution in [0.15, 0.2) is 114 Å². The topological polar surface area (TPSA) is 157 Å². The fourth-order valence-electron chi connectivity index (χ4n) is 3.86. The number of nitro benzene ring substituents is 2. The van der Waals surface area contributed by atoms with Crippen LogP contribution in [0.5, 0.6) is 0 Å². The van der Waals surface area contributed by atoms with Crippen molar-refractivity contribution in [3.63, 3.8) is 0 Å². The standard InChI is InChI=1S/C27H22N5O6P/c33-27(20-10-4-1-5-11-20)29-26(19-28-30-24-17-16-21(31(34)35)18-25(24)32(36)37)39(38,22-12-6-2-7-13-22)23-14-8-3-9-15-23/h1-19,26,30H,(H,29,33)/b28-19+. The molecule has 196 valence electrons. The largest absolute Gasteiger partial charge is 0.337 e. The van der Waals surface area contributed by atoms with Crippen molar-refractivity contribution in [1.29, 1.82) is 0 Å². The average molecular weight is 543 g/mol. The first-order valence-corrected chi connectivity index (χ1v) is 13.4. The summed E-state index contributed by atoms with van der Waals surface area (Å²) in [5, 5.41) is 30.4. The lowest BCUT2D eigenvalue weighted by atomic mass is 10.2. The summed E-state index contributed by atoms with van der Waals surface area (Å²) in [5.74, 6) is -1.67. The fraction of sp³-hybridized carbons (Fsp3) is 0.0370. The third-order valence-corrected chi connectivity index (χ3v) is 8.95. The van der Waals surface area contributed by atoms with Gasteiger partial charge in [0.05, 0.1) is 22.1 Å². The molecular weight excluding hydrogens is 521 g/mol. The molecule has 0 fully saturated rings. The second kappa shape index (κ2) is 11.9. The van der Waals surface area contributed by atoms with Crippen LogP contribution in [0.2, 0.25) is 0 Å². The number of hydrogen-bond donors (Lipinski definition) is 2. The van der Waals surface area contributed by atoms with Crippen LogP contribution in [0.25, 0.3) is 0 Å². The summed E-state index contributed by atoms with van der Waals surface area (Å²) in [7, 11) is -3.63. The van der Waals surface area contributed by atoms with Crippen LogP contribution in [0.4, 0.5) is 17.1 Å². The molecule has 4 aromatic carbocycles. The van der Waals surface area contributed by atoms with E-state index in [2.05, 4.69) is 15.8 Å². The molecule has 2 N–H and O–H groups in total. The molecule has 12 heteroatoms. The Kier molecular flexibility index (Phi) is 8.23. The molecule has 0 spiro atoms. The number of nitrogens with zero attached hydrogens (tertiary/aromatic N) is 3. The van der Waals surface area contributed by atoms with E-state index in [-0.39, 0.29) is 5.69 Å². The first-order valence-electron chi connectivity index (χ1n) is 11.6. The van der Waals surface area contributed by atoms with Gasteiger partial charge in [-0.05, 0) is 18.2 Å². The molecule has 4 rings (SSSR count). The van der Waals surface area contributed by atoms with Gasteiger partial charge in [-0.1, -0.05) is 78.9 Å². The molecule has 0 saturated heterocycles. The van der Waals surface area contributed by atoms with Gasteiger partial charge in [0.25, 0.3) is 11.6 Å². The first kappa shape index (κ1) is 26.9. The van der Waals surface area contributed by atoms with E-state index in [1.54, 1.807) is 91.0 Å². The van der Waals surface area contributed by atoms with Crippen LogP contribution in [0, 0.1) is 20.2 Å². The van der Waals surface area contributed by atoms with Crippen LogP contribution >= 0.6 is 7.14 Å². The second-order valence-corrected chi connectivity index (χ2v) is 11.1. The molecule has 0 aliphatic rings. The van der Waals surface area contributed by atoms with E-state index >= 15 is 0 Å². The number of nitrogens with one attached hydrogen (secondary N) is 2. The molecule has 1 atom stereocenters. The minimum atomic E-state index is -3.63. The third kappa shape index (κ3) is 6.06. The molecule has 0 saturated carbocycles. The summed E-state index contributed by atoms with van der Waals surface area (Å²) in [6.45, 7) is 0. The van der Waals surface area contributed by atoms with E-state index in [1.165, 1.54) is 6.21 Å². The Bertz CT molecular complexity index is 1520. The van der Waals surface area contributed by atoms with Gasteiger partial charge >= 0.3 is 5.69 Å². The summed E-state index contributed by atoms with van der Waals surface area (Å²) < 4.78 is 14.9. The number of hydrazone groups is 1. The van der Waals surface area contributed by atoms with Crippen molar-refractivity contribution in [2.75, 3.05) is 5.43 Å². The van der Waals surface area contributed by atoms with Gasteiger partial charge in [-0.15, -0.1) is 0 Å². The van der Waals surface area contributed by atoms with E-state index in [0.717, 1.165) is 18.2 Å². The number of rotatable bonds is 10. The molecule has 0 aliphatic heterocycles. The summed E-state index contributed by atoms with van der Waals surface area (Å²) in [4.78, 5) is 34.2. The van der Waals surface area contributed by atoms with Gasteiger partial charge in [0.2, 0.25) is 0 Å². The SMILES string of the molecule is O=C(NC(/C=N/Nc1ccc([N+](=O)[O-])cc1[N+](=O)[O-])P(=O)(c1ccccc1)c1ccccc1)c1ccccc1. The zero-order valence-electron chi connectivity index (χ0n) is 20.3. The Labute approximate surface area is 222 Å². The minimum Gasteiger partial charge on any atom is -0.337 e. The van der Waals surface area contributed by atoms with Crippen molar-refractivity contribution in [2.24, 2.45) is 5.10 Å². The van der Waals surface area contributed by atoms with Crippen molar-refractivity contribution in [3.05, 3.63) is 135 Å². The van der Waals surface area contributed by atoms with Crippen molar-refractivity contribution in [1.82, 2.24) is 5.32 Å². The van der Waals surface area contributed by atoms with E-state index in [9.17, 15) is 29.6 Å². The fourth-order valence-corrected chi connectivity index (χ4v) is 6.58. The quantitative estimate of drug-likeness (QED) is 0.127. The lowest BCUT2D eigenvalue weighted by Gasteiger charge is -2.27. The zero-order chi connectivity index (χ0) is 27.8. The van der Waals surface area contributed by atoms with Crippen molar-refractivity contribution in [2.45, 2.75) is 5.78 Å². The number of carbonyl (C=O) groups excluding carboxylic acids is 1. The monoisotopic (exact) mass is 543 g/mol. The van der Waals surface area contributed by atoms with Crippen molar-refractivity contribution in [3.8, 4) is 0 Å². The Morgan fingerprint density at radius 3 is 1.85 bits per heavy atom. The highest BCUT2D eigenvalue weighted by atomic mass is 31.2. The van der Waals surface area contributed by atoms with Gasteiger partial charge in [0.1, 0.15) is 11.5 Å². The maximum Gasteiger partial charge on any atom is 0.301 e. The summed E-state index contributed by atoms with van der Waals surface area (Å²) in [6.07, 6.45) is 1.22. The molecule has 1 unspecified atom stereocenters. The van der Waals surface area contributed by atoms with Gasteiger partial charge in [0, 0.05) is 22.2 Å². The number of amides is 1. The highest BCUT2D eigenvalue weighted by Crippen LogP contribution is 2.47. The summed E-state index contributed by atoms with van der Waals surface area (Å²) in [6, 6.07) is 28.7. The molecule has 0 aliphatic carbocycles. The smallest absolute Gasteiger partial charge is 0.301 e. The molecule has 0 radical (unpaired) electrons. The maximum atomic E-state index is 14.9. The molecular formula is C27H22N5O6P.